The molecular formula is C15H27N3O2. The Balaban J connectivity index is 2.05. The molecule has 5 heteroatoms. The van der Waals surface area contributed by atoms with Gasteiger partial charge < -0.3 is 15.1 Å². The molecule has 2 fully saturated rings. The first-order valence-electron chi connectivity index (χ1n) is 7.93. The van der Waals surface area contributed by atoms with Gasteiger partial charge in [0.05, 0.1) is 0 Å². The van der Waals surface area contributed by atoms with Gasteiger partial charge in [-0.1, -0.05) is 20.8 Å². The molecule has 0 bridgehead atoms. The second-order valence-corrected chi connectivity index (χ2v) is 5.93. The second-order valence-electron chi connectivity index (χ2n) is 5.93. The fourth-order valence-corrected chi connectivity index (χ4v) is 3.35. The second kappa shape index (κ2) is 6.57. The third-order valence-corrected chi connectivity index (χ3v) is 4.64. The Labute approximate surface area is 121 Å². The summed E-state index contributed by atoms with van der Waals surface area (Å²) >= 11 is 0. The first kappa shape index (κ1) is 15.3. The van der Waals surface area contributed by atoms with Crippen LogP contribution >= 0.6 is 0 Å². The quantitative estimate of drug-likeness (QED) is 0.812. The molecule has 1 N–H and O–H groups in total. The Morgan fingerprint density at radius 1 is 1.20 bits per heavy atom. The zero-order valence-corrected chi connectivity index (χ0v) is 12.9. The normalized spacial score (nSPS) is 31.8. The van der Waals surface area contributed by atoms with Gasteiger partial charge in [0.25, 0.3) is 0 Å². The zero-order valence-electron chi connectivity index (χ0n) is 12.9. The van der Waals surface area contributed by atoms with Gasteiger partial charge in [-0.05, 0) is 38.3 Å². The maximum Gasteiger partial charge on any atom is 0.245 e. The van der Waals surface area contributed by atoms with Crippen LogP contribution in [-0.4, -0.2) is 59.9 Å². The van der Waals surface area contributed by atoms with Crippen LogP contribution < -0.4 is 5.32 Å². The van der Waals surface area contributed by atoms with E-state index in [1.54, 1.807) is 0 Å². The largest absolute Gasteiger partial charge is 0.343 e. The van der Waals surface area contributed by atoms with Crippen molar-refractivity contribution in [1.82, 2.24) is 15.1 Å². The highest BCUT2D eigenvalue weighted by atomic mass is 16.2. The van der Waals surface area contributed by atoms with Crippen molar-refractivity contribution < 1.29 is 9.59 Å². The molecule has 114 valence electrons. The van der Waals surface area contributed by atoms with E-state index in [4.69, 9.17) is 0 Å². The summed E-state index contributed by atoms with van der Waals surface area (Å²) in [5, 5.41) is 2.85. The molecule has 2 amide bonds. The van der Waals surface area contributed by atoms with Gasteiger partial charge in [0.1, 0.15) is 12.1 Å². The fraction of sp³-hybridized carbons (Fsp3) is 0.867. The van der Waals surface area contributed by atoms with Crippen LogP contribution in [0.1, 0.15) is 40.0 Å². The minimum Gasteiger partial charge on any atom is -0.343 e. The van der Waals surface area contributed by atoms with Gasteiger partial charge in [0, 0.05) is 13.1 Å². The summed E-state index contributed by atoms with van der Waals surface area (Å²) in [7, 11) is 0. The van der Waals surface area contributed by atoms with Gasteiger partial charge in [0.2, 0.25) is 11.8 Å². The van der Waals surface area contributed by atoms with E-state index in [9.17, 15) is 9.59 Å². The van der Waals surface area contributed by atoms with Gasteiger partial charge in [-0.25, -0.2) is 0 Å². The molecule has 0 spiro atoms. The van der Waals surface area contributed by atoms with E-state index >= 15 is 0 Å². The van der Waals surface area contributed by atoms with Crippen molar-refractivity contribution in [3.05, 3.63) is 0 Å². The number of carbonyl (C=O) groups excluding carboxylic acids is 2. The molecule has 5 nitrogen and oxygen atoms in total. The summed E-state index contributed by atoms with van der Waals surface area (Å²) in [4.78, 5) is 28.9. The first-order valence-corrected chi connectivity index (χ1v) is 7.93. The molecule has 0 aromatic carbocycles. The first-order chi connectivity index (χ1) is 9.60. The SMILES string of the molecule is CCC1NC(=O)C(CC)N(CC2CCN(CC)C2)C1=O. The number of piperazine rings is 1. The summed E-state index contributed by atoms with van der Waals surface area (Å²) in [6.07, 6.45) is 2.49. The summed E-state index contributed by atoms with van der Waals surface area (Å²) in [5.74, 6) is 0.634. The van der Waals surface area contributed by atoms with Crippen molar-refractivity contribution in [2.45, 2.75) is 52.1 Å². The molecule has 2 saturated heterocycles. The smallest absolute Gasteiger partial charge is 0.245 e. The van der Waals surface area contributed by atoms with E-state index in [1.807, 2.05) is 18.7 Å². The summed E-state index contributed by atoms with van der Waals surface area (Å²) in [5.41, 5.74) is 0. The molecule has 2 aliphatic heterocycles. The molecule has 0 aromatic rings. The number of likely N-dealkylation sites (tertiary alicyclic amines) is 1. The van der Waals surface area contributed by atoms with E-state index in [2.05, 4.69) is 17.1 Å². The van der Waals surface area contributed by atoms with E-state index in [0.717, 1.165) is 32.6 Å². The molecular weight excluding hydrogens is 254 g/mol. The lowest BCUT2D eigenvalue weighted by atomic mass is 10.00. The predicted octanol–water partition coefficient (Wildman–Crippen LogP) is 0.844. The van der Waals surface area contributed by atoms with Crippen LogP contribution in [0.4, 0.5) is 0 Å². The monoisotopic (exact) mass is 281 g/mol. The Morgan fingerprint density at radius 3 is 2.50 bits per heavy atom. The lowest BCUT2D eigenvalue weighted by Crippen LogP contribution is -2.63. The lowest BCUT2D eigenvalue weighted by molar-refractivity contribution is -0.150. The van der Waals surface area contributed by atoms with Gasteiger partial charge >= 0.3 is 0 Å². The highest BCUT2D eigenvalue weighted by Gasteiger charge is 2.40. The summed E-state index contributed by atoms with van der Waals surface area (Å²) < 4.78 is 0. The average molecular weight is 281 g/mol. The van der Waals surface area contributed by atoms with Gasteiger partial charge in [0.15, 0.2) is 0 Å². The number of hydrogen-bond acceptors (Lipinski definition) is 3. The summed E-state index contributed by atoms with van der Waals surface area (Å²) in [6, 6.07) is -0.602. The molecule has 2 heterocycles. The minimum absolute atomic E-state index is 0.0179. The zero-order chi connectivity index (χ0) is 14.7. The maximum absolute atomic E-state index is 12.5. The van der Waals surface area contributed by atoms with Crippen LogP contribution in [0.3, 0.4) is 0 Å². The Morgan fingerprint density at radius 2 is 1.95 bits per heavy atom. The van der Waals surface area contributed by atoms with E-state index < -0.39 is 0 Å². The van der Waals surface area contributed by atoms with Crippen molar-refractivity contribution >= 4 is 11.8 Å². The van der Waals surface area contributed by atoms with Crippen LogP contribution in [0.2, 0.25) is 0 Å². The summed E-state index contributed by atoms with van der Waals surface area (Å²) in [6.45, 7) is 10.1. The van der Waals surface area contributed by atoms with Crippen LogP contribution in [0.15, 0.2) is 0 Å². The predicted molar refractivity (Wildman–Crippen MR) is 78.2 cm³/mol. The Bertz CT molecular complexity index is 372. The molecule has 0 radical (unpaired) electrons. The molecule has 20 heavy (non-hydrogen) atoms. The van der Waals surface area contributed by atoms with Crippen molar-refractivity contribution in [3.63, 3.8) is 0 Å². The highest BCUT2D eigenvalue weighted by Crippen LogP contribution is 2.22. The standard InChI is InChI=1S/C15H27N3O2/c1-4-12-15(20)18(13(5-2)14(19)16-12)10-11-7-8-17(6-3)9-11/h11-13H,4-10H2,1-3H3,(H,16,19). The van der Waals surface area contributed by atoms with Crippen molar-refractivity contribution in [2.24, 2.45) is 5.92 Å². The van der Waals surface area contributed by atoms with Gasteiger partial charge in [-0.15, -0.1) is 0 Å². The van der Waals surface area contributed by atoms with E-state index in [0.29, 0.717) is 18.8 Å². The van der Waals surface area contributed by atoms with Crippen molar-refractivity contribution in [3.8, 4) is 0 Å². The van der Waals surface area contributed by atoms with Gasteiger partial charge in [-0.3, -0.25) is 9.59 Å². The van der Waals surface area contributed by atoms with Crippen molar-refractivity contribution in [1.29, 1.82) is 0 Å². The molecule has 0 aliphatic carbocycles. The maximum atomic E-state index is 12.5. The topological polar surface area (TPSA) is 52.7 Å². The van der Waals surface area contributed by atoms with Crippen LogP contribution in [-0.2, 0) is 9.59 Å². The Kier molecular flexibility index (Phi) is 5.02. The highest BCUT2D eigenvalue weighted by molar-refractivity contribution is 5.96. The third kappa shape index (κ3) is 2.97. The van der Waals surface area contributed by atoms with Crippen molar-refractivity contribution in [2.75, 3.05) is 26.2 Å². The lowest BCUT2D eigenvalue weighted by Gasteiger charge is -2.39. The number of hydrogen-bond donors (Lipinski definition) is 1. The molecule has 3 atom stereocenters. The van der Waals surface area contributed by atoms with Crippen LogP contribution in [0.25, 0.3) is 0 Å². The van der Waals surface area contributed by atoms with Crippen LogP contribution in [0.5, 0.6) is 0 Å². The Hall–Kier alpha value is -1.10. The minimum atomic E-state index is -0.325. The van der Waals surface area contributed by atoms with E-state index in [1.165, 1.54) is 0 Å². The molecule has 3 unspecified atom stereocenters. The number of rotatable bonds is 5. The number of nitrogens with one attached hydrogen (secondary N) is 1. The van der Waals surface area contributed by atoms with E-state index in [-0.39, 0.29) is 23.9 Å². The fourth-order valence-electron chi connectivity index (χ4n) is 3.35. The molecule has 2 aliphatic rings. The molecule has 2 rings (SSSR count). The van der Waals surface area contributed by atoms with Crippen LogP contribution in [0, 0.1) is 5.92 Å². The molecule has 0 aromatic heterocycles. The third-order valence-electron chi connectivity index (χ3n) is 4.64. The number of nitrogens with zero attached hydrogens (tertiary/aromatic N) is 2. The number of carbonyl (C=O) groups is 2. The van der Waals surface area contributed by atoms with Gasteiger partial charge in [-0.2, -0.15) is 0 Å². The number of amides is 2. The molecule has 0 saturated carbocycles. The average Bonchev–Trinajstić information content (AvgIpc) is 2.90.